The third-order valence-corrected chi connectivity index (χ3v) is 3.26. The molecular formula is C13H16BrN5. The van der Waals surface area contributed by atoms with Crippen molar-refractivity contribution in [2.24, 2.45) is 5.11 Å². The Kier molecular flexibility index (Phi) is 6.37. The van der Waals surface area contributed by atoms with E-state index in [1.165, 1.54) is 0 Å². The summed E-state index contributed by atoms with van der Waals surface area (Å²) in [7, 11) is 0. The molecule has 0 aliphatic heterocycles. The molecule has 0 bridgehead atoms. The van der Waals surface area contributed by atoms with E-state index < -0.39 is 5.54 Å². The van der Waals surface area contributed by atoms with Gasteiger partial charge in [0.25, 0.3) is 0 Å². The van der Waals surface area contributed by atoms with Crippen LogP contribution in [0.1, 0.15) is 18.9 Å². The molecule has 6 heteroatoms. The monoisotopic (exact) mass is 321 g/mol. The van der Waals surface area contributed by atoms with Crippen LogP contribution < -0.4 is 5.32 Å². The lowest BCUT2D eigenvalue weighted by molar-refractivity contribution is 0.441. The zero-order chi connectivity index (χ0) is 14.1. The summed E-state index contributed by atoms with van der Waals surface area (Å²) in [6, 6.07) is 10.2. The Bertz CT molecular complexity index is 487. The highest BCUT2D eigenvalue weighted by Gasteiger charge is 2.23. The maximum atomic E-state index is 9.30. The zero-order valence-corrected chi connectivity index (χ0v) is 12.4. The molecule has 0 fully saturated rings. The van der Waals surface area contributed by atoms with Gasteiger partial charge < -0.3 is 0 Å². The first kappa shape index (κ1) is 15.5. The quantitative estimate of drug-likeness (QED) is 0.360. The van der Waals surface area contributed by atoms with Crippen molar-refractivity contribution in [1.29, 1.82) is 5.26 Å². The molecule has 1 rings (SSSR count). The molecule has 1 aromatic carbocycles. The van der Waals surface area contributed by atoms with Crippen LogP contribution in [0.2, 0.25) is 0 Å². The van der Waals surface area contributed by atoms with Crippen molar-refractivity contribution in [3.05, 3.63) is 44.7 Å². The van der Waals surface area contributed by atoms with E-state index in [0.29, 0.717) is 19.5 Å². The van der Waals surface area contributed by atoms with Crippen LogP contribution in [0.5, 0.6) is 0 Å². The topological polar surface area (TPSA) is 84.6 Å². The van der Waals surface area contributed by atoms with E-state index in [1.54, 1.807) is 0 Å². The van der Waals surface area contributed by atoms with Crippen LogP contribution in [-0.4, -0.2) is 18.6 Å². The van der Waals surface area contributed by atoms with Crippen molar-refractivity contribution in [1.82, 2.24) is 5.32 Å². The molecule has 0 amide bonds. The van der Waals surface area contributed by atoms with Crippen LogP contribution in [0.3, 0.4) is 0 Å². The summed E-state index contributed by atoms with van der Waals surface area (Å²) in [6.45, 7) is 2.98. The van der Waals surface area contributed by atoms with Crippen molar-refractivity contribution in [3.8, 4) is 6.07 Å². The maximum absolute atomic E-state index is 9.30. The van der Waals surface area contributed by atoms with E-state index in [2.05, 4.69) is 37.3 Å². The molecule has 1 N–H and O–H groups in total. The first-order valence-corrected chi connectivity index (χ1v) is 6.80. The highest BCUT2D eigenvalue weighted by Crippen LogP contribution is 2.16. The van der Waals surface area contributed by atoms with E-state index >= 15 is 0 Å². The Labute approximate surface area is 121 Å². The van der Waals surface area contributed by atoms with Crippen molar-refractivity contribution < 1.29 is 0 Å². The number of benzene rings is 1. The van der Waals surface area contributed by atoms with E-state index in [4.69, 9.17) is 5.53 Å². The van der Waals surface area contributed by atoms with Crippen LogP contribution in [0, 0.1) is 11.3 Å². The van der Waals surface area contributed by atoms with Gasteiger partial charge in [-0.25, -0.2) is 0 Å². The molecule has 0 radical (unpaired) electrons. The molecule has 5 nitrogen and oxygen atoms in total. The Hall–Kier alpha value is -1.54. The number of rotatable bonds is 7. The second-order valence-corrected chi connectivity index (χ2v) is 5.40. The van der Waals surface area contributed by atoms with Gasteiger partial charge in [-0.15, -0.1) is 0 Å². The van der Waals surface area contributed by atoms with E-state index in [-0.39, 0.29) is 0 Å². The molecule has 1 unspecified atom stereocenters. The van der Waals surface area contributed by atoms with Crippen LogP contribution in [0.15, 0.2) is 33.9 Å². The van der Waals surface area contributed by atoms with Crippen molar-refractivity contribution in [3.63, 3.8) is 0 Å². The summed E-state index contributed by atoms with van der Waals surface area (Å²) in [5.74, 6) is 0. The van der Waals surface area contributed by atoms with Gasteiger partial charge in [-0.1, -0.05) is 33.2 Å². The minimum absolute atomic E-state index is 0.448. The number of nitriles is 1. The molecular weight excluding hydrogens is 306 g/mol. The highest BCUT2D eigenvalue weighted by molar-refractivity contribution is 9.10. The molecule has 0 aliphatic carbocycles. The molecule has 0 saturated heterocycles. The van der Waals surface area contributed by atoms with Gasteiger partial charge in [0.2, 0.25) is 0 Å². The van der Waals surface area contributed by atoms with Gasteiger partial charge >= 0.3 is 0 Å². The van der Waals surface area contributed by atoms with Crippen LogP contribution in [0.4, 0.5) is 0 Å². The summed E-state index contributed by atoms with van der Waals surface area (Å²) < 4.78 is 1.03. The summed E-state index contributed by atoms with van der Waals surface area (Å²) >= 11 is 3.39. The molecule has 19 heavy (non-hydrogen) atoms. The minimum Gasteiger partial charge on any atom is -0.299 e. The lowest BCUT2D eigenvalue weighted by atomic mass is 9.94. The normalized spacial score (nSPS) is 13.1. The van der Waals surface area contributed by atoms with Crippen molar-refractivity contribution in [2.45, 2.75) is 25.3 Å². The van der Waals surface area contributed by atoms with E-state index in [1.807, 2.05) is 31.2 Å². The van der Waals surface area contributed by atoms with Crippen LogP contribution in [-0.2, 0) is 6.42 Å². The number of hydrogen-bond donors (Lipinski definition) is 1. The number of azide groups is 1. The van der Waals surface area contributed by atoms with Crippen LogP contribution in [0.25, 0.3) is 10.4 Å². The number of nitrogens with zero attached hydrogens (tertiary/aromatic N) is 4. The van der Waals surface area contributed by atoms with Gasteiger partial charge in [0, 0.05) is 22.4 Å². The van der Waals surface area contributed by atoms with Crippen LogP contribution >= 0.6 is 15.9 Å². The Balaban J connectivity index is 2.52. The fourth-order valence-corrected chi connectivity index (χ4v) is 1.98. The lowest BCUT2D eigenvalue weighted by Gasteiger charge is -2.23. The molecule has 0 saturated carbocycles. The average molecular weight is 322 g/mol. The Morgan fingerprint density at radius 3 is 2.74 bits per heavy atom. The molecule has 0 spiro atoms. The fourth-order valence-electron chi connectivity index (χ4n) is 1.71. The highest BCUT2D eigenvalue weighted by atomic mass is 79.9. The number of halogens is 1. The minimum atomic E-state index is -0.607. The molecule has 0 aromatic heterocycles. The van der Waals surface area contributed by atoms with Gasteiger partial charge in [-0.05, 0) is 43.1 Å². The average Bonchev–Trinajstić information content (AvgIpc) is 2.41. The predicted molar refractivity (Wildman–Crippen MR) is 78.5 cm³/mol. The van der Waals surface area contributed by atoms with Crippen molar-refractivity contribution in [2.75, 3.05) is 13.1 Å². The second-order valence-electron chi connectivity index (χ2n) is 4.48. The molecule has 0 heterocycles. The largest absolute Gasteiger partial charge is 0.299 e. The van der Waals surface area contributed by atoms with E-state index in [9.17, 15) is 5.26 Å². The Morgan fingerprint density at radius 1 is 1.47 bits per heavy atom. The van der Waals surface area contributed by atoms with Gasteiger partial charge in [0.15, 0.2) is 0 Å². The third-order valence-electron chi connectivity index (χ3n) is 2.73. The zero-order valence-electron chi connectivity index (χ0n) is 10.8. The van der Waals surface area contributed by atoms with Gasteiger partial charge in [-0.3, -0.25) is 5.32 Å². The predicted octanol–water partition coefficient (Wildman–Crippen LogP) is 3.56. The fraction of sp³-hybridized carbons (Fsp3) is 0.462. The third kappa shape index (κ3) is 5.75. The Morgan fingerprint density at radius 2 is 2.16 bits per heavy atom. The molecule has 0 aliphatic rings. The summed E-state index contributed by atoms with van der Waals surface area (Å²) in [5.41, 5.74) is 8.67. The standard InChI is InChI=1S/C13H16BrN5/c1-13(10-15,17-7-2-8-18-19-16)9-11-3-5-12(14)6-4-11/h3-6,17H,2,7-9H2,1H3. The SMILES string of the molecule is CC(C#N)(Cc1ccc(Br)cc1)NCCCN=[N+]=[N-]. The second kappa shape index (κ2) is 7.80. The number of nitrogens with one attached hydrogen (secondary N) is 1. The molecule has 1 atom stereocenters. The van der Waals surface area contributed by atoms with E-state index in [0.717, 1.165) is 16.5 Å². The summed E-state index contributed by atoms with van der Waals surface area (Å²) in [5, 5.41) is 16.0. The van der Waals surface area contributed by atoms with Gasteiger partial charge in [0.05, 0.1) is 6.07 Å². The molecule has 1 aromatic rings. The first-order chi connectivity index (χ1) is 9.09. The van der Waals surface area contributed by atoms with Gasteiger partial charge in [0.1, 0.15) is 5.54 Å². The maximum Gasteiger partial charge on any atom is 0.107 e. The smallest absolute Gasteiger partial charge is 0.107 e. The summed E-state index contributed by atoms with van der Waals surface area (Å²) in [6.07, 6.45) is 1.36. The van der Waals surface area contributed by atoms with Gasteiger partial charge in [-0.2, -0.15) is 5.26 Å². The first-order valence-electron chi connectivity index (χ1n) is 6.01. The van der Waals surface area contributed by atoms with Crippen molar-refractivity contribution >= 4 is 15.9 Å². The lowest BCUT2D eigenvalue weighted by Crippen LogP contribution is -2.43. The summed E-state index contributed by atoms with van der Waals surface area (Å²) in [4.78, 5) is 2.69. The number of hydrogen-bond acceptors (Lipinski definition) is 3. The molecule has 100 valence electrons.